The first-order chi connectivity index (χ1) is 21.8. The molecule has 0 bridgehead atoms. The number of benzene rings is 3. The summed E-state index contributed by atoms with van der Waals surface area (Å²) >= 11 is 0. The molecule has 0 spiro atoms. The van der Waals surface area contributed by atoms with Gasteiger partial charge in [0, 0.05) is 46.8 Å². The molecule has 8 rings (SSSR count). The summed E-state index contributed by atoms with van der Waals surface area (Å²) in [6, 6.07) is 45.5. The average Bonchev–Trinajstić information content (AvgIpc) is 3.44. The molecule has 0 saturated carbocycles. The number of anilines is 3. The zero-order chi connectivity index (χ0) is 29.3. The summed E-state index contributed by atoms with van der Waals surface area (Å²) in [4.78, 5) is 20.9. The highest BCUT2D eigenvalue weighted by Gasteiger charge is 2.17. The maximum absolute atomic E-state index is 4.85. The van der Waals surface area contributed by atoms with Gasteiger partial charge < -0.3 is 0 Å². The summed E-state index contributed by atoms with van der Waals surface area (Å²) in [5.41, 5.74) is 7.39. The molecular formula is C38H26N6. The third-order valence-corrected chi connectivity index (χ3v) is 7.83. The maximum atomic E-state index is 4.85. The van der Waals surface area contributed by atoms with Crippen LogP contribution in [0.4, 0.5) is 17.3 Å². The van der Waals surface area contributed by atoms with Crippen LogP contribution in [0.15, 0.2) is 158 Å². The lowest BCUT2D eigenvalue weighted by molar-refractivity contribution is 1.06. The summed E-state index contributed by atoms with van der Waals surface area (Å²) < 4.78 is 2.12. The van der Waals surface area contributed by atoms with Gasteiger partial charge >= 0.3 is 0 Å². The molecule has 0 N–H and O–H groups in total. The van der Waals surface area contributed by atoms with Gasteiger partial charge in [-0.1, -0.05) is 60.7 Å². The van der Waals surface area contributed by atoms with Crippen LogP contribution < -0.4 is 4.90 Å². The molecule has 0 aliphatic rings. The molecule has 0 unspecified atom stereocenters. The molecule has 6 heteroatoms. The first kappa shape index (κ1) is 25.6. The van der Waals surface area contributed by atoms with Crippen LogP contribution in [0.25, 0.3) is 50.0 Å². The first-order valence-corrected chi connectivity index (χ1v) is 14.5. The molecule has 44 heavy (non-hydrogen) atoms. The van der Waals surface area contributed by atoms with Crippen molar-refractivity contribution in [1.82, 2.24) is 24.5 Å². The smallest absolute Gasteiger partial charge is 0.146 e. The minimum Gasteiger partial charge on any atom is -0.279 e. The molecular weight excluding hydrogens is 540 g/mol. The van der Waals surface area contributed by atoms with E-state index >= 15 is 0 Å². The van der Waals surface area contributed by atoms with Gasteiger partial charge in [-0.25, -0.2) is 19.9 Å². The topological polar surface area (TPSA) is 59.7 Å². The second-order valence-corrected chi connectivity index (χ2v) is 10.5. The SMILES string of the molecule is c1ccc(-c2ccc(N(c3ccc(-c4ccc5c(c4)c4cccnc4n5-c4ccccn4)cc3)c3ccccn3)nc2)cc1. The fraction of sp³-hybridized carbons (Fsp3) is 0. The molecule has 0 radical (unpaired) electrons. The molecule has 0 fully saturated rings. The predicted octanol–water partition coefficient (Wildman–Crippen LogP) is 9.17. The molecule has 3 aromatic carbocycles. The van der Waals surface area contributed by atoms with E-state index in [0.29, 0.717) is 0 Å². The minimum atomic E-state index is 0.799. The molecule has 0 aliphatic heterocycles. The minimum absolute atomic E-state index is 0.799. The van der Waals surface area contributed by atoms with Crippen molar-refractivity contribution in [3.8, 4) is 28.1 Å². The molecule has 6 nitrogen and oxygen atoms in total. The second-order valence-electron chi connectivity index (χ2n) is 10.5. The van der Waals surface area contributed by atoms with Crippen LogP contribution in [0.5, 0.6) is 0 Å². The Morgan fingerprint density at radius 1 is 0.455 bits per heavy atom. The second kappa shape index (κ2) is 10.9. The highest BCUT2D eigenvalue weighted by atomic mass is 15.2. The fourth-order valence-corrected chi connectivity index (χ4v) is 5.73. The lowest BCUT2D eigenvalue weighted by atomic mass is 10.0. The zero-order valence-corrected chi connectivity index (χ0v) is 23.7. The first-order valence-electron chi connectivity index (χ1n) is 14.5. The number of fused-ring (bicyclic) bond motifs is 3. The zero-order valence-electron chi connectivity index (χ0n) is 23.7. The van der Waals surface area contributed by atoms with E-state index in [2.05, 4.69) is 86.2 Å². The van der Waals surface area contributed by atoms with Crippen molar-refractivity contribution in [2.24, 2.45) is 0 Å². The summed E-state index contributed by atoms with van der Waals surface area (Å²) in [5.74, 6) is 2.45. The van der Waals surface area contributed by atoms with Crippen molar-refractivity contribution in [2.45, 2.75) is 0 Å². The molecule has 0 amide bonds. The number of pyridine rings is 4. The van der Waals surface area contributed by atoms with Gasteiger partial charge in [0.05, 0.1) is 5.52 Å². The van der Waals surface area contributed by atoms with Crippen molar-refractivity contribution >= 4 is 39.3 Å². The van der Waals surface area contributed by atoms with E-state index < -0.39 is 0 Å². The number of aromatic nitrogens is 5. The molecule has 0 saturated heterocycles. The summed E-state index contributed by atoms with van der Waals surface area (Å²) in [6.45, 7) is 0. The summed E-state index contributed by atoms with van der Waals surface area (Å²) in [6.07, 6.45) is 7.37. The maximum Gasteiger partial charge on any atom is 0.146 e. The largest absolute Gasteiger partial charge is 0.279 e. The van der Waals surface area contributed by atoms with Gasteiger partial charge in [-0.15, -0.1) is 0 Å². The van der Waals surface area contributed by atoms with Crippen molar-refractivity contribution in [2.75, 3.05) is 4.90 Å². The third-order valence-electron chi connectivity index (χ3n) is 7.83. The number of nitrogens with zero attached hydrogens (tertiary/aromatic N) is 6. The lowest BCUT2D eigenvalue weighted by Gasteiger charge is -2.23. The molecule has 0 aliphatic carbocycles. The Morgan fingerprint density at radius 2 is 1.16 bits per heavy atom. The van der Waals surface area contributed by atoms with Gasteiger partial charge in [-0.05, 0) is 89.5 Å². The lowest BCUT2D eigenvalue weighted by Crippen LogP contribution is -2.12. The van der Waals surface area contributed by atoms with Crippen LogP contribution in [0.3, 0.4) is 0 Å². The van der Waals surface area contributed by atoms with Gasteiger partial charge in [0.25, 0.3) is 0 Å². The van der Waals surface area contributed by atoms with E-state index in [1.807, 2.05) is 85.3 Å². The van der Waals surface area contributed by atoms with Crippen molar-refractivity contribution in [1.29, 1.82) is 0 Å². The van der Waals surface area contributed by atoms with Crippen LogP contribution in [-0.2, 0) is 0 Å². The van der Waals surface area contributed by atoms with Crippen molar-refractivity contribution < 1.29 is 0 Å². The Labute approximate surface area is 254 Å². The highest BCUT2D eigenvalue weighted by Crippen LogP contribution is 2.36. The number of hydrogen-bond acceptors (Lipinski definition) is 5. The van der Waals surface area contributed by atoms with E-state index in [1.54, 1.807) is 6.20 Å². The Hall–Kier alpha value is -6.14. The average molecular weight is 567 g/mol. The van der Waals surface area contributed by atoms with Gasteiger partial charge in [0.2, 0.25) is 0 Å². The van der Waals surface area contributed by atoms with Crippen LogP contribution in [-0.4, -0.2) is 24.5 Å². The molecule has 5 aromatic heterocycles. The monoisotopic (exact) mass is 566 g/mol. The number of hydrogen-bond donors (Lipinski definition) is 0. The Morgan fingerprint density at radius 3 is 1.91 bits per heavy atom. The fourth-order valence-electron chi connectivity index (χ4n) is 5.73. The van der Waals surface area contributed by atoms with Gasteiger partial charge in [0.1, 0.15) is 23.1 Å². The van der Waals surface area contributed by atoms with Gasteiger partial charge in [0.15, 0.2) is 0 Å². The molecule has 208 valence electrons. The van der Waals surface area contributed by atoms with Crippen LogP contribution >= 0.6 is 0 Å². The van der Waals surface area contributed by atoms with E-state index in [4.69, 9.17) is 9.97 Å². The van der Waals surface area contributed by atoms with E-state index in [-0.39, 0.29) is 0 Å². The quantitative estimate of drug-likeness (QED) is 0.201. The van der Waals surface area contributed by atoms with Crippen molar-refractivity contribution in [3.63, 3.8) is 0 Å². The van der Waals surface area contributed by atoms with E-state index in [0.717, 1.165) is 67.3 Å². The summed E-state index contributed by atoms with van der Waals surface area (Å²) in [5, 5.41) is 2.23. The molecule has 5 heterocycles. The molecule has 0 atom stereocenters. The summed E-state index contributed by atoms with van der Waals surface area (Å²) in [7, 11) is 0. The predicted molar refractivity (Wildman–Crippen MR) is 178 cm³/mol. The van der Waals surface area contributed by atoms with Crippen LogP contribution in [0.1, 0.15) is 0 Å². The third kappa shape index (κ3) is 4.55. The van der Waals surface area contributed by atoms with Crippen LogP contribution in [0.2, 0.25) is 0 Å². The highest BCUT2D eigenvalue weighted by molar-refractivity contribution is 6.09. The molecule has 8 aromatic rings. The van der Waals surface area contributed by atoms with E-state index in [9.17, 15) is 0 Å². The van der Waals surface area contributed by atoms with Crippen molar-refractivity contribution in [3.05, 3.63) is 158 Å². The normalized spacial score (nSPS) is 11.2. The standard InChI is InChI=1S/C38H26N6/c1-2-9-27(10-3-1)30-17-21-37(42-26-30)43(35-12-4-6-22-39-35)31-18-14-28(15-19-31)29-16-20-34-33(25-29)32-11-8-24-41-38(32)44(34)36-13-5-7-23-40-36/h1-26H. The van der Waals surface area contributed by atoms with Gasteiger partial charge in [-0.2, -0.15) is 0 Å². The van der Waals surface area contributed by atoms with Crippen LogP contribution in [0, 0.1) is 0 Å². The Balaban J connectivity index is 1.18. The van der Waals surface area contributed by atoms with Gasteiger partial charge in [-0.3, -0.25) is 9.47 Å². The number of rotatable bonds is 6. The Kier molecular flexibility index (Phi) is 6.35. The Bertz CT molecular complexity index is 2190. The van der Waals surface area contributed by atoms with E-state index in [1.165, 1.54) is 0 Å².